The molecular weight excluding hydrogens is 322 g/mol. The van der Waals surface area contributed by atoms with Crippen LogP contribution in [0.1, 0.15) is 53.8 Å². The monoisotopic (exact) mass is 341 g/mol. The number of aryl methyl sites for hydroxylation is 1. The third-order valence-electron chi connectivity index (χ3n) is 4.62. The molecule has 4 rings (SSSR count). The van der Waals surface area contributed by atoms with Crippen LogP contribution in [0.2, 0.25) is 0 Å². The summed E-state index contributed by atoms with van der Waals surface area (Å²) in [6, 6.07) is 8.86. The summed E-state index contributed by atoms with van der Waals surface area (Å²) in [6.07, 6.45) is 4.12. The van der Waals surface area contributed by atoms with Gasteiger partial charge in [-0.1, -0.05) is 24.3 Å². The zero-order chi connectivity index (χ0) is 16.7. The van der Waals surface area contributed by atoms with E-state index in [0.717, 1.165) is 25.7 Å². The molecule has 0 radical (unpaired) electrons. The second kappa shape index (κ2) is 6.02. The van der Waals surface area contributed by atoms with Crippen molar-refractivity contribution in [2.45, 2.75) is 44.7 Å². The Balaban J connectivity index is 1.61. The molecule has 1 heterocycles. The third kappa shape index (κ3) is 2.82. The number of amides is 2. The molecule has 1 aromatic carbocycles. The highest BCUT2D eigenvalue weighted by molar-refractivity contribution is 7.14. The van der Waals surface area contributed by atoms with E-state index in [1.807, 2.05) is 11.0 Å². The normalized spacial score (nSPS) is 19.0. The Morgan fingerprint density at radius 3 is 2.79 bits per heavy atom. The molecule has 6 heteroatoms. The summed E-state index contributed by atoms with van der Waals surface area (Å²) < 4.78 is 0. The number of hydrogen-bond donors (Lipinski definition) is 1. The van der Waals surface area contributed by atoms with Gasteiger partial charge in [-0.25, -0.2) is 4.98 Å². The van der Waals surface area contributed by atoms with Gasteiger partial charge in [0.25, 0.3) is 5.91 Å². The summed E-state index contributed by atoms with van der Waals surface area (Å²) in [5, 5.41) is 4.87. The first-order valence-corrected chi connectivity index (χ1v) is 9.15. The highest BCUT2D eigenvalue weighted by atomic mass is 32.1. The van der Waals surface area contributed by atoms with Crippen LogP contribution in [0, 0.1) is 0 Å². The number of aromatic nitrogens is 1. The summed E-state index contributed by atoms with van der Waals surface area (Å²) in [5.74, 6) is -0.195. The van der Waals surface area contributed by atoms with Crippen LogP contribution in [0.25, 0.3) is 0 Å². The number of hydrogen-bond acceptors (Lipinski definition) is 4. The number of rotatable bonds is 4. The second-order valence-corrected chi connectivity index (χ2v) is 7.27. The summed E-state index contributed by atoms with van der Waals surface area (Å²) >= 11 is 1.29. The van der Waals surface area contributed by atoms with Gasteiger partial charge in [0.05, 0.1) is 6.04 Å². The number of fused-ring (bicyclic) bond motifs is 1. The Morgan fingerprint density at radius 1 is 1.25 bits per heavy atom. The number of carbonyl (C=O) groups is 2. The van der Waals surface area contributed by atoms with E-state index in [9.17, 15) is 9.59 Å². The molecule has 1 saturated carbocycles. The molecule has 1 N–H and O–H groups in total. The Labute approximate surface area is 144 Å². The lowest BCUT2D eigenvalue weighted by Gasteiger charge is -2.29. The SMILES string of the molecule is CC(=O)Nc1nc(C(=O)N(C2CC2)[C@H]2CCc3ccccc32)cs1. The molecule has 0 aliphatic heterocycles. The van der Waals surface area contributed by atoms with Gasteiger partial charge < -0.3 is 10.2 Å². The molecule has 0 saturated heterocycles. The molecule has 5 nitrogen and oxygen atoms in total. The fourth-order valence-corrected chi connectivity index (χ4v) is 4.18. The van der Waals surface area contributed by atoms with Crippen LogP contribution in [-0.4, -0.2) is 27.7 Å². The third-order valence-corrected chi connectivity index (χ3v) is 5.38. The van der Waals surface area contributed by atoms with E-state index >= 15 is 0 Å². The fraction of sp³-hybridized carbons (Fsp3) is 0.389. The first-order valence-electron chi connectivity index (χ1n) is 8.27. The lowest BCUT2D eigenvalue weighted by molar-refractivity contribution is -0.114. The number of nitrogens with one attached hydrogen (secondary N) is 1. The lowest BCUT2D eigenvalue weighted by atomic mass is 10.1. The standard InChI is InChI=1S/C18H19N3O2S/c1-11(22)19-18-20-15(10-24-18)17(23)21(13-7-8-13)16-9-6-12-4-2-3-5-14(12)16/h2-5,10,13,16H,6-9H2,1H3,(H,19,20,22)/t16-/m0/s1. The molecule has 2 aromatic rings. The minimum absolute atomic E-state index is 0.0212. The maximum atomic E-state index is 13.1. The van der Waals surface area contributed by atoms with Gasteiger partial charge in [-0.05, 0) is 36.8 Å². The van der Waals surface area contributed by atoms with Crippen molar-refractivity contribution in [1.82, 2.24) is 9.88 Å². The predicted molar refractivity (Wildman–Crippen MR) is 93.1 cm³/mol. The van der Waals surface area contributed by atoms with Crippen molar-refractivity contribution in [3.63, 3.8) is 0 Å². The Morgan fingerprint density at radius 2 is 2.04 bits per heavy atom. The zero-order valence-corrected chi connectivity index (χ0v) is 14.3. The number of nitrogens with zero attached hydrogens (tertiary/aromatic N) is 2. The summed E-state index contributed by atoms with van der Waals surface area (Å²) in [7, 11) is 0. The second-order valence-electron chi connectivity index (χ2n) is 6.42. The Hall–Kier alpha value is -2.21. The van der Waals surface area contributed by atoms with Gasteiger partial charge in [-0.2, -0.15) is 0 Å². The number of carbonyl (C=O) groups excluding carboxylic acids is 2. The Bertz CT molecular complexity index is 797. The van der Waals surface area contributed by atoms with Crippen molar-refractivity contribution in [1.29, 1.82) is 0 Å². The average Bonchev–Trinajstić information content (AvgIpc) is 3.13. The number of thiazole rings is 1. The Kier molecular flexibility index (Phi) is 3.84. The van der Waals surface area contributed by atoms with Crippen molar-refractivity contribution in [2.75, 3.05) is 5.32 Å². The van der Waals surface area contributed by atoms with Crippen LogP contribution in [-0.2, 0) is 11.2 Å². The van der Waals surface area contributed by atoms with Gasteiger partial charge in [0.2, 0.25) is 5.91 Å². The summed E-state index contributed by atoms with van der Waals surface area (Å²) in [4.78, 5) is 30.6. The van der Waals surface area contributed by atoms with Crippen molar-refractivity contribution in [2.24, 2.45) is 0 Å². The van der Waals surface area contributed by atoms with Crippen molar-refractivity contribution in [3.05, 3.63) is 46.5 Å². The van der Waals surface area contributed by atoms with E-state index in [-0.39, 0.29) is 17.9 Å². The topological polar surface area (TPSA) is 62.3 Å². The predicted octanol–water partition coefficient (Wildman–Crippen LogP) is 3.39. The molecule has 124 valence electrons. The summed E-state index contributed by atoms with van der Waals surface area (Å²) in [6.45, 7) is 1.44. The number of anilines is 1. The molecule has 1 atom stereocenters. The van der Waals surface area contributed by atoms with Crippen LogP contribution in [0.4, 0.5) is 5.13 Å². The zero-order valence-electron chi connectivity index (χ0n) is 13.5. The molecule has 2 amide bonds. The molecule has 1 fully saturated rings. The van der Waals surface area contributed by atoms with Crippen molar-refractivity contribution >= 4 is 28.3 Å². The van der Waals surface area contributed by atoms with Crippen molar-refractivity contribution < 1.29 is 9.59 Å². The first-order chi connectivity index (χ1) is 11.6. The quantitative estimate of drug-likeness (QED) is 0.927. The van der Waals surface area contributed by atoms with Gasteiger partial charge in [-0.3, -0.25) is 9.59 Å². The first kappa shape index (κ1) is 15.3. The minimum Gasteiger partial charge on any atom is -0.327 e. The van der Waals surface area contributed by atoms with Gasteiger partial charge >= 0.3 is 0 Å². The maximum Gasteiger partial charge on any atom is 0.274 e. The van der Waals surface area contributed by atoms with Crippen LogP contribution in [0.15, 0.2) is 29.6 Å². The highest BCUT2D eigenvalue weighted by Crippen LogP contribution is 2.42. The molecule has 2 aliphatic rings. The van der Waals surface area contributed by atoms with E-state index in [4.69, 9.17) is 0 Å². The van der Waals surface area contributed by atoms with Crippen LogP contribution in [0.5, 0.6) is 0 Å². The van der Waals surface area contributed by atoms with E-state index < -0.39 is 0 Å². The molecule has 2 aliphatic carbocycles. The molecular formula is C18H19N3O2S. The van der Waals surface area contributed by atoms with Gasteiger partial charge in [0.1, 0.15) is 5.69 Å². The average molecular weight is 341 g/mol. The van der Waals surface area contributed by atoms with E-state index in [1.165, 1.54) is 29.4 Å². The molecule has 0 unspecified atom stereocenters. The van der Waals surface area contributed by atoms with Crippen LogP contribution in [0.3, 0.4) is 0 Å². The van der Waals surface area contributed by atoms with E-state index in [0.29, 0.717) is 16.9 Å². The smallest absolute Gasteiger partial charge is 0.274 e. The van der Waals surface area contributed by atoms with Gasteiger partial charge in [0, 0.05) is 18.3 Å². The lowest BCUT2D eigenvalue weighted by Crippen LogP contribution is -2.36. The molecule has 0 bridgehead atoms. The van der Waals surface area contributed by atoms with E-state index in [2.05, 4.69) is 28.5 Å². The highest BCUT2D eigenvalue weighted by Gasteiger charge is 2.41. The van der Waals surface area contributed by atoms with Crippen molar-refractivity contribution in [3.8, 4) is 0 Å². The molecule has 1 aromatic heterocycles. The summed E-state index contributed by atoms with van der Waals surface area (Å²) in [5.41, 5.74) is 3.05. The molecule has 24 heavy (non-hydrogen) atoms. The van der Waals surface area contributed by atoms with Crippen LogP contribution >= 0.6 is 11.3 Å². The minimum atomic E-state index is -0.174. The van der Waals surface area contributed by atoms with Gasteiger partial charge in [-0.15, -0.1) is 11.3 Å². The maximum absolute atomic E-state index is 13.1. The van der Waals surface area contributed by atoms with Gasteiger partial charge in [0.15, 0.2) is 5.13 Å². The molecule has 0 spiro atoms. The fourth-order valence-electron chi connectivity index (χ4n) is 3.45. The van der Waals surface area contributed by atoms with E-state index in [1.54, 1.807) is 5.38 Å². The largest absolute Gasteiger partial charge is 0.327 e. The van der Waals surface area contributed by atoms with Crippen LogP contribution < -0.4 is 5.32 Å². The number of benzene rings is 1.